The summed E-state index contributed by atoms with van der Waals surface area (Å²) < 4.78 is 23.5. The molecule has 0 saturated heterocycles. The predicted octanol–water partition coefficient (Wildman–Crippen LogP) is 0.925. The van der Waals surface area contributed by atoms with E-state index in [9.17, 15) is 13.2 Å². The Balaban J connectivity index is 0.00000361. The summed E-state index contributed by atoms with van der Waals surface area (Å²) in [6.07, 6.45) is 2.31. The van der Waals surface area contributed by atoms with E-state index in [1.54, 1.807) is 34.8 Å². The van der Waals surface area contributed by atoms with Gasteiger partial charge in [0.25, 0.3) is 10.0 Å². The van der Waals surface area contributed by atoms with E-state index in [0.717, 1.165) is 0 Å². The second kappa shape index (κ2) is 9.19. The van der Waals surface area contributed by atoms with Crippen molar-refractivity contribution >= 4 is 40.2 Å². The first-order valence-corrected chi connectivity index (χ1v) is 8.37. The Morgan fingerprint density at radius 1 is 1.40 bits per heavy atom. The van der Waals surface area contributed by atoms with Crippen LogP contribution >= 0.6 is 24.2 Å². The average molecular weight is 341 g/mol. The van der Waals surface area contributed by atoms with E-state index in [2.05, 4.69) is 4.84 Å². The maximum atomic E-state index is 11.7. The third-order valence-electron chi connectivity index (χ3n) is 2.24. The Labute approximate surface area is 128 Å². The van der Waals surface area contributed by atoms with Gasteiger partial charge in [0, 0.05) is 0 Å². The Bertz CT molecular complexity index is 510. The molecule has 0 aromatic heterocycles. The molecule has 0 heterocycles. The first kappa shape index (κ1) is 19.2. The molecule has 9 heteroatoms. The lowest BCUT2D eigenvalue weighted by molar-refractivity contribution is -0.148. The van der Waals surface area contributed by atoms with Crippen molar-refractivity contribution in [3.8, 4) is 0 Å². The van der Waals surface area contributed by atoms with Crippen LogP contribution in [0.15, 0.2) is 35.2 Å². The van der Waals surface area contributed by atoms with E-state index >= 15 is 0 Å². The Kier molecular flexibility index (Phi) is 8.83. The third kappa shape index (κ3) is 6.10. The molecule has 3 N–H and O–H groups in total. The first-order valence-electron chi connectivity index (χ1n) is 5.49. The minimum atomic E-state index is -3.86. The molecular formula is C11H17ClN2O4S2. The lowest BCUT2D eigenvalue weighted by atomic mass is 10.2. The molecule has 0 aliphatic heterocycles. The summed E-state index contributed by atoms with van der Waals surface area (Å²) >= 11 is 1.54. The average Bonchev–Trinajstić information content (AvgIpc) is 2.43. The number of halogens is 1. The number of thioether (sulfide) groups is 1. The van der Waals surface area contributed by atoms with Crippen LogP contribution in [0.2, 0.25) is 0 Å². The van der Waals surface area contributed by atoms with Gasteiger partial charge >= 0.3 is 5.97 Å². The second-order valence-corrected chi connectivity index (χ2v) is 6.34. The fourth-order valence-electron chi connectivity index (χ4n) is 1.18. The number of carbonyl (C=O) groups excluding carboxylic acids is 1. The molecule has 0 bridgehead atoms. The molecule has 0 radical (unpaired) electrons. The summed E-state index contributed by atoms with van der Waals surface area (Å²) in [4.78, 5) is 17.7. The largest absolute Gasteiger partial charge is 0.354 e. The number of rotatable bonds is 7. The molecule has 0 aliphatic rings. The number of nitrogens with two attached hydrogens (primary N) is 1. The van der Waals surface area contributed by atoms with Crippen LogP contribution in [0.3, 0.4) is 0 Å². The van der Waals surface area contributed by atoms with Crippen LogP contribution in [0, 0.1) is 0 Å². The molecular weight excluding hydrogens is 324 g/mol. The quantitative estimate of drug-likeness (QED) is 0.716. The molecule has 0 saturated carbocycles. The van der Waals surface area contributed by atoms with Gasteiger partial charge in [0.05, 0.1) is 4.90 Å². The number of hydrogen-bond acceptors (Lipinski definition) is 6. The zero-order chi connectivity index (χ0) is 14.3. The maximum Gasteiger partial charge on any atom is 0.342 e. The van der Waals surface area contributed by atoms with Gasteiger partial charge in [0.1, 0.15) is 6.04 Å². The molecule has 1 aromatic carbocycles. The summed E-state index contributed by atoms with van der Waals surface area (Å²) in [5, 5.41) is 0. The van der Waals surface area contributed by atoms with Crippen LogP contribution in [0.4, 0.5) is 0 Å². The normalized spacial score (nSPS) is 12.3. The van der Waals surface area contributed by atoms with Crippen molar-refractivity contribution in [2.24, 2.45) is 5.73 Å². The third-order valence-corrected chi connectivity index (χ3v) is 4.08. The highest BCUT2D eigenvalue weighted by atomic mass is 35.5. The number of nitrogens with one attached hydrogen (secondary N) is 1. The van der Waals surface area contributed by atoms with Crippen molar-refractivity contribution in [1.82, 2.24) is 4.89 Å². The lowest BCUT2D eigenvalue weighted by Gasteiger charge is -2.11. The lowest BCUT2D eigenvalue weighted by Crippen LogP contribution is -2.38. The summed E-state index contributed by atoms with van der Waals surface area (Å²) in [5.41, 5.74) is 5.55. The molecule has 0 fully saturated rings. The van der Waals surface area contributed by atoms with Crippen molar-refractivity contribution in [3.63, 3.8) is 0 Å². The predicted molar refractivity (Wildman–Crippen MR) is 81.1 cm³/mol. The molecule has 0 amide bonds. The van der Waals surface area contributed by atoms with Gasteiger partial charge in [0.15, 0.2) is 0 Å². The smallest absolute Gasteiger partial charge is 0.342 e. The van der Waals surface area contributed by atoms with Gasteiger partial charge in [-0.1, -0.05) is 18.2 Å². The van der Waals surface area contributed by atoms with E-state index < -0.39 is 22.0 Å². The van der Waals surface area contributed by atoms with Crippen LogP contribution in [0.25, 0.3) is 0 Å². The van der Waals surface area contributed by atoms with Crippen molar-refractivity contribution in [2.75, 3.05) is 12.0 Å². The summed E-state index contributed by atoms with van der Waals surface area (Å²) in [7, 11) is -3.86. The fourth-order valence-corrected chi connectivity index (χ4v) is 2.48. The highest BCUT2D eigenvalue weighted by molar-refractivity contribution is 7.98. The van der Waals surface area contributed by atoms with Crippen LogP contribution in [-0.2, 0) is 19.7 Å². The van der Waals surface area contributed by atoms with Gasteiger partial charge in [-0.3, -0.25) is 0 Å². The van der Waals surface area contributed by atoms with Gasteiger partial charge in [0.2, 0.25) is 0 Å². The van der Waals surface area contributed by atoms with Gasteiger partial charge < -0.3 is 10.6 Å². The van der Waals surface area contributed by atoms with E-state index in [1.807, 2.05) is 6.26 Å². The SMILES string of the molecule is CSCC[C@H](N)C(=O)ONS(=O)(=O)c1ccccc1.Cl. The number of carbonyl (C=O) groups is 1. The molecule has 0 unspecified atom stereocenters. The summed E-state index contributed by atoms with van der Waals surface area (Å²) in [6.45, 7) is 0. The highest BCUT2D eigenvalue weighted by Gasteiger charge is 2.20. The second-order valence-electron chi connectivity index (χ2n) is 3.71. The standard InChI is InChI=1S/C11H16N2O4S2.ClH/c1-18-8-7-10(12)11(14)17-13-19(15,16)9-5-3-2-4-6-9;/h2-6,10,13H,7-8,12H2,1H3;1H/t10-;/m0./s1. The summed E-state index contributed by atoms with van der Waals surface area (Å²) in [6, 6.07) is 6.77. The maximum absolute atomic E-state index is 11.7. The summed E-state index contributed by atoms with van der Waals surface area (Å²) in [5.74, 6) is -0.102. The Morgan fingerprint density at radius 3 is 2.55 bits per heavy atom. The van der Waals surface area contributed by atoms with Crippen molar-refractivity contribution in [1.29, 1.82) is 0 Å². The monoisotopic (exact) mass is 340 g/mol. The first-order chi connectivity index (χ1) is 8.97. The fraction of sp³-hybridized carbons (Fsp3) is 0.364. The van der Waals surface area contributed by atoms with E-state index in [-0.39, 0.29) is 17.3 Å². The van der Waals surface area contributed by atoms with E-state index in [0.29, 0.717) is 12.2 Å². The minimum absolute atomic E-state index is 0. The molecule has 1 rings (SSSR count). The van der Waals surface area contributed by atoms with Crippen LogP contribution < -0.4 is 10.6 Å². The van der Waals surface area contributed by atoms with E-state index in [4.69, 9.17) is 5.73 Å². The van der Waals surface area contributed by atoms with Gasteiger partial charge in [-0.2, -0.15) is 11.8 Å². The molecule has 114 valence electrons. The highest BCUT2D eigenvalue weighted by Crippen LogP contribution is 2.07. The van der Waals surface area contributed by atoms with E-state index in [1.165, 1.54) is 12.1 Å². The van der Waals surface area contributed by atoms with Gasteiger partial charge in [-0.05, 0) is 35.4 Å². The van der Waals surface area contributed by atoms with Crippen LogP contribution in [0.5, 0.6) is 0 Å². The zero-order valence-corrected chi connectivity index (χ0v) is 13.3. The Hall–Kier alpha value is -0.800. The van der Waals surface area contributed by atoms with Gasteiger partial charge in [-0.15, -0.1) is 12.4 Å². The van der Waals surface area contributed by atoms with Crippen molar-refractivity contribution in [2.45, 2.75) is 17.4 Å². The molecule has 0 spiro atoms. The Morgan fingerprint density at radius 2 is 2.00 bits per heavy atom. The van der Waals surface area contributed by atoms with Crippen LogP contribution in [-0.4, -0.2) is 32.4 Å². The van der Waals surface area contributed by atoms with Crippen LogP contribution in [0.1, 0.15) is 6.42 Å². The molecule has 6 nitrogen and oxygen atoms in total. The number of hydrogen-bond donors (Lipinski definition) is 2. The molecule has 1 atom stereocenters. The molecule has 1 aromatic rings. The van der Waals surface area contributed by atoms with Gasteiger partial charge in [-0.25, -0.2) is 13.2 Å². The molecule has 0 aliphatic carbocycles. The van der Waals surface area contributed by atoms with Crippen molar-refractivity contribution in [3.05, 3.63) is 30.3 Å². The number of sulfonamides is 1. The van der Waals surface area contributed by atoms with Crippen molar-refractivity contribution < 1.29 is 18.0 Å². The number of benzene rings is 1. The molecule has 20 heavy (non-hydrogen) atoms. The minimum Gasteiger partial charge on any atom is -0.354 e. The topological polar surface area (TPSA) is 98.5 Å². The zero-order valence-electron chi connectivity index (χ0n) is 10.8.